The van der Waals surface area contributed by atoms with E-state index in [1.54, 1.807) is 11.0 Å². The van der Waals surface area contributed by atoms with E-state index in [9.17, 15) is 4.39 Å². The summed E-state index contributed by atoms with van der Waals surface area (Å²) in [6.07, 6.45) is 0.762. The first kappa shape index (κ1) is 10.4. The molecule has 5 N–H and O–H groups in total. The van der Waals surface area contributed by atoms with Gasteiger partial charge in [-0.2, -0.15) is 4.99 Å². The van der Waals surface area contributed by atoms with Gasteiger partial charge < -0.3 is 16.4 Å². The number of nitrogens with two attached hydrogens (primary N) is 2. The highest BCUT2D eigenvalue weighted by atomic mass is 19.1. The summed E-state index contributed by atoms with van der Waals surface area (Å²) in [5.41, 5.74) is 12.1. The standard InChI is InChI=1S/C10H12FN5/c11-7-2-1-6-3-4-16(8(6)5-7)10(14)15-9(12)13/h1-2,5H,3-4H2,(H5,12,13,14,15). The van der Waals surface area contributed by atoms with Gasteiger partial charge in [-0.1, -0.05) is 6.07 Å². The average Bonchev–Trinajstić information content (AvgIpc) is 2.59. The number of fused-ring (bicyclic) bond motifs is 1. The fourth-order valence-corrected chi connectivity index (χ4v) is 1.76. The smallest absolute Gasteiger partial charge is 0.225 e. The molecule has 1 aliphatic heterocycles. The van der Waals surface area contributed by atoms with E-state index in [4.69, 9.17) is 16.9 Å². The highest BCUT2D eigenvalue weighted by molar-refractivity contribution is 6.02. The van der Waals surface area contributed by atoms with Gasteiger partial charge in [0.05, 0.1) is 0 Å². The Morgan fingerprint density at radius 2 is 2.19 bits per heavy atom. The molecule has 0 spiro atoms. The molecule has 1 aromatic carbocycles. The van der Waals surface area contributed by atoms with Crippen molar-refractivity contribution in [1.82, 2.24) is 0 Å². The van der Waals surface area contributed by atoms with Crippen LogP contribution >= 0.6 is 0 Å². The summed E-state index contributed by atoms with van der Waals surface area (Å²) in [6.45, 7) is 0.592. The van der Waals surface area contributed by atoms with Crippen LogP contribution in [-0.4, -0.2) is 18.5 Å². The molecule has 0 unspecified atom stereocenters. The number of aliphatic imine (C=N–C) groups is 1. The topological polar surface area (TPSA) is 91.5 Å². The Morgan fingerprint density at radius 3 is 2.88 bits per heavy atom. The first-order valence-corrected chi connectivity index (χ1v) is 4.82. The second-order valence-corrected chi connectivity index (χ2v) is 3.53. The molecule has 0 atom stereocenters. The van der Waals surface area contributed by atoms with E-state index in [1.165, 1.54) is 12.1 Å². The van der Waals surface area contributed by atoms with Crippen LogP contribution in [0.3, 0.4) is 0 Å². The Morgan fingerprint density at radius 1 is 1.44 bits per heavy atom. The molecule has 0 aromatic heterocycles. The second-order valence-electron chi connectivity index (χ2n) is 3.53. The van der Waals surface area contributed by atoms with Gasteiger partial charge in [0.2, 0.25) is 5.96 Å². The Bertz CT molecular complexity index is 464. The van der Waals surface area contributed by atoms with Gasteiger partial charge in [0.25, 0.3) is 0 Å². The third-order valence-corrected chi connectivity index (χ3v) is 2.43. The van der Waals surface area contributed by atoms with E-state index in [2.05, 4.69) is 4.99 Å². The molecule has 0 bridgehead atoms. The minimum Gasteiger partial charge on any atom is -0.370 e. The highest BCUT2D eigenvalue weighted by Crippen LogP contribution is 2.28. The zero-order valence-electron chi connectivity index (χ0n) is 8.57. The largest absolute Gasteiger partial charge is 0.370 e. The first-order valence-electron chi connectivity index (χ1n) is 4.82. The van der Waals surface area contributed by atoms with Crippen LogP contribution in [0.15, 0.2) is 23.2 Å². The van der Waals surface area contributed by atoms with Crippen molar-refractivity contribution in [2.45, 2.75) is 6.42 Å². The van der Waals surface area contributed by atoms with Crippen molar-refractivity contribution in [2.75, 3.05) is 11.4 Å². The Labute approximate surface area is 92.1 Å². The molecule has 6 heteroatoms. The summed E-state index contributed by atoms with van der Waals surface area (Å²) in [5.74, 6) is -0.567. The lowest BCUT2D eigenvalue weighted by Gasteiger charge is -2.16. The van der Waals surface area contributed by atoms with Crippen LogP contribution in [0.1, 0.15) is 5.56 Å². The molecule has 0 aliphatic carbocycles. The highest BCUT2D eigenvalue weighted by Gasteiger charge is 2.22. The Kier molecular flexibility index (Phi) is 2.47. The number of hydrogen-bond acceptors (Lipinski definition) is 1. The number of anilines is 1. The molecule has 0 radical (unpaired) electrons. The maximum atomic E-state index is 13.1. The van der Waals surface area contributed by atoms with Crippen molar-refractivity contribution in [3.8, 4) is 0 Å². The van der Waals surface area contributed by atoms with E-state index in [0.717, 1.165) is 12.0 Å². The van der Waals surface area contributed by atoms with E-state index < -0.39 is 0 Å². The quantitative estimate of drug-likeness (QED) is 0.437. The minimum absolute atomic E-state index is 0.0654. The molecule has 0 saturated carbocycles. The van der Waals surface area contributed by atoms with Gasteiger partial charge in [0, 0.05) is 12.2 Å². The molecule has 0 amide bonds. The molecule has 5 nitrogen and oxygen atoms in total. The molecule has 1 aromatic rings. The number of nitrogens with zero attached hydrogens (tertiary/aromatic N) is 2. The fourth-order valence-electron chi connectivity index (χ4n) is 1.76. The van der Waals surface area contributed by atoms with Crippen LogP contribution in [0.5, 0.6) is 0 Å². The summed E-state index contributed by atoms with van der Waals surface area (Å²) < 4.78 is 13.1. The van der Waals surface area contributed by atoms with Gasteiger partial charge in [-0.25, -0.2) is 4.39 Å². The van der Waals surface area contributed by atoms with Crippen molar-refractivity contribution >= 4 is 17.6 Å². The normalized spacial score (nSPS) is 13.4. The Hall–Kier alpha value is -2.11. The molecule has 0 saturated heterocycles. The fraction of sp³-hybridized carbons (Fsp3) is 0.200. The SMILES string of the molecule is N=C(N=C(N)N)N1CCc2ccc(F)cc21. The van der Waals surface area contributed by atoms with E-state index in [1.807, 2.05) is 0 Å². The van der Waals surface area contributed by atoms with Gasteiger partial charge in [0.1, 0.15) is 5.82 Å². The molecule has 1 heterocycles. The summed E-state index contributed by atoms with van der Waals surface area (Å²) in [7, 11) is 0. The van der Waals surface area contributed by atoms with Gasteiger partial charge in [-0.15, -0.1) is 0 Å². The van der Waals surface area contributed by atoms with Crippen LogP contribution < -0.4 is 16.4 Å². The third-order valence-electron chi connectivity index (χ3n) is 2.43. The van der Waals surface area contributed by atoms with Gasteiger partial charge in [-0.05, 0) is 24.1 Å². The first-order chi connectivity index (χ1) is 7.58. The molecular weight excluding hydrogens is 209 g/mol. The maximum Gasteiger partial charge on any atom is 0.225 e. The van der Waals surface area contributed by atoms with Crippen molar-refractivity contribution in [3.05, 3.63) is 29.6 Å². The summed E-state index contributed by atoms with van der Waals surface area (Å²) in [4.78, 5) is 5.23. The third kappa shape index (κ3) is 1.81. The van der Waals surface area contributed by atoms with Crippen molar-refractivity contribution in [3.63, 3.8) is 0 Å². The Balaban J connectivity index is 2.33. The zero-order chi connectivity index (χ0) is 11.7. The lowest BCUT2D eigenvalue weighted by atomic mass is 10.2. The zero-order valence-corrected chi connectivity index (χ0v) is 8.57. The molecular formula is C10H12FN5. The average molecular weight is 221 g/mol. The number of hydrogen-bond donors (Lipinski definition) is 3. The number of nitrogens with one attached hydrogen (secondary N) is 1. The van der Waals surface area contributed by atoms with E-state index >= 15 is 0 Å². The number of halogens is 1. The monoisotopic (exact) mass is 221 g/mol. The van der Waals surface area contributed by atoms with Crippen molar-refractivity contribution in [1.29, 1.82) is 5.41 Å². The molecule has 0 fully saturated rings. The summed E-state index contributed by atoms with van der Waals surface area (Å²) in [6, 6.07) is 4.51. The molecule has 2 rings (SSSR count). The van der Waals surface area contributed by atoms with Crippen LogP contribution in [0.4, 0.5) is 10.1 Å². The predicted molar refractivity (Wildman–Crippen MR) is 61.0 cm³/mol. The van der Waals surface area contributed by atoms with Crippen molar-refractivity contribution < 1.29 is 4.39 Å². The van der Waals surface area contributed by atoms with E-state index in [0.29, 0.717) is 12.2 Å². The molecule has 1 aliphatic rings. The van der Waals surface area contributed by atoms with Crippen LogP contribution in [0.2, 0.25) is 0 Å². The molecule has 84 valence electrons. The van der Waals surface area contributed by atoms with Crippen LogP contribution in [0, 0.1) is 11.2 Å². The second kappa shape index (κ2) is 3.80. The van der Waals surface area contributed by atoms with Crippen LogP contribution in [0.25, 0.3) is 0 Å². The summed E-state index contributed by atoms with van der Waals surface area (Å²) in [5, 5.41) is 7.67. The number of benzene rings is 1. The lowest BCUT2D eigenvalue weighted by molar-refractivity contribution is 0.628. The minimum atomic E-state index is -0.330. The summed E-state index contributed by atoms with van der Waals surface area (Å²) >= 11 is 0. The van der Waals surface area contributed by atoms with Crippen molar-refractivity contribution in [2.24, 2.45) is 16.5 Å². The van der Waals surface area contributed by atoms with Gasteiger partial charge in [0.15, 0.2) is 5.96 Å². The van der Waals surface area contributed by atoms with Gasteiger partial charge in [-0.3, -0.25) is 5.41 Å². The number of guanidine groups is 2. The van der Waals surface area contributed by atoms with Crippen LogP contribution in [-0.2, 0) is 6.42 Å². The number of rotatable bonds is 0. The lowest BCUT2D eigenvalue weighted by Crippen LogP contribution is -2.32. The maximum absolute atomic E-state index is 13.1. The van der Waals surface area contributed by atoms with Gasteiger partial charge >= 0.3 is 0 Å². The predicted octanol–water partition coefficient (Wildman–Crippen LogP) is 0.396. The molecule has 16 heavy (non-hydrogen) atoms. The van der Waals surface area contributed by atoms with E-state index in [-0.39, 0.29) is 17.7 Å².